The van der Waals surface area contributed by atoms with E-state index in [1.54, 1.807) is 18.3 Å². The maximum absolute atomic E-state index is 9.31. The fraction of sp³-hybridized carbons (Fsp3) is 0.100. The molecule has 0 saturated heterocycles. The zero-order chi connectivity index (χ0) is 9.68. The largest absolute Gasteiger partial charge is 0.506 e. The SMILES string of the molecule is Oc1cccc2cccnc12.[CH3][AlH2]. The van der Waals surface area contributed by atoms with Crippen LogP contribution in [0.4, 0.5) is 0 Å². The number of phenols is 1. The van der Waals surface area contributed by atoms with Crippen molar-refractivity contribution in [2.45, 2.75) is 5.79 Å². The second kappa shape index (κ2) is 4.86. The Labute approximate surface area is 85.7 Å². The first-order chi connectivity index (χ1) is 6.38. The summed E-state index contributed by atoms with van der Waals surface area (Å²) >= 11 is 1.31. The first-order valence-electron chi connectivity index (χ1n) is 4.40. The lowest BCUT2D eigenvalue weighted by molar-refractivity contribution is 0.480. The molecule has 0 bridgehead atoms. The molecule has 0 radical (unpaired) electrons. The minimum Gasteiger partial charge on any atom is -0.506 e. The average Bonchev–Trinajstić information content (AvgIpc) is 2.22. The van der Waals surface area contributed by atoms with Crippen molar-refractivity contribution in [2.75, 3.05) is 0 Å². The number of benzene rings is 1. The second-order valence-corrected chi connectivity index (χ2v) is 2.35. The number of para-hydroxylation sites is 1. The van der Waals surface area contributed by atoms with Gasteiger partial charge in [0.1, 0.15) is 11.3 Å². The van der Waals surface area contributed by atoms with Gasteiger partial charge in [0.2, 0.25) is 16.3 Å². The fourth-order valence-electron chi connectivity index (χ4n) is 1.09. The van der Waals surface area contributed by atoms with Gasteiger partial charge >= 0.3 is 0 Å². The number of hydrogen-bond acceptors (Lipinski definition) is 2. The third kappa shape index (κ3) is 2.21. The Bertz CT molecular complexity index is 384. The standard InChI is InChI=1S/C9H7NO.CH3.Al.2H/c11-8-5-1-3-7-4-2-6-10-9(7)8;;;;/h1-6,11H;1H3;;;. The van der Waals surface area contributed by atoms with Crippen molar-refractivity contribution in [1.82, 2.24) is 4.98 Å². The minimum absolute atomic E-state index is 0.239. The average molecular weight is 189 g/mol. The topological polar surface area (TPSA) is 33.1 Å². The van der Waals surface area contributed by atoms with E-state index in [0.29, 0.717) is 5.52 Å². The highest BCUT2D eigenvalue weighted by atomic mass is 27.0. The maximum Gasteiger partial charge on any atom is 0.207 e. The number of rotatable bonds is 0. The molecule has 1 N–H and O–H groups in total. The normalized spacial score (nSPS) is 9.00. The second-order valence-electron chi connectivity index (χ2n) is 2.35. The molecular weight excluding hydrogens is 177 g/mol. The molecule has 0 unspecified atom stereocenters. The quantitative estimate of drug-likeness (QED) is 0.638. The van der Waals surface area contributed by atoms with E-state index in [-0.39, 0.29) is 5.75 Å². The van der Waals surface area contributed by atoms with Crippen molar-refractivity contribution in [3.05, 3.63) is 36.5 Å². The highest BCUT2D eigenvalue weighted by Crippen LogP contribution is 2.20. The first-order valence-corrected chi connectivity index (χ1v) is 6.40. The van der Waals surface area contributed by atoms with E-state index in [9.17, 15) is 5.11 Å². The van der Waals surface area contributed by atoms with E-state index in [1.165, 1.54) is 16.3 Å². The van der Waals surface area contributed by atoms with Crippen molar-refractivity contribution in [2.24, 2.45) is 0 Å². The Morgan fingerprint density at radius 2 is 1.85 bits per heavy atom. The lowest BCUT2D eigenvalue weighted by atomic mass is 10.2. The summed E-state index contributed by atoms with van der Waals surface area (Å²) in [7, 11) is 0. The monoisotopic (exact) mass is 189 g/mol. The molecule has 0 amide bonds. The van der Waals surface area contributed by atoms with Crippen molar-refractivity contribution in [1.29, 1.82) is 0 Å². The van der Waals surface area contributed by atoms with Crippen molar-refractivity contribution < 1.29 is 5.11 Å². The smallest absolute Gasteiger partial charge is 0.207 e. The van der Waals surface area contributed by atoms with Crippen LogP contribution in [0.1, 0.15) is 0 Å². The molecule has 0 aliphatic heterocycles. The number of fused-ring (bicyclic) bond motifs is 1. The molecule has 3 heteroatoms. The van der Waals surface area contributed by atoms with Crippen LogP contribution in [0, 0.1) is 0 Å². The van der Waals surface area contributed by atoms with Gasteiger partial charge in [0.25, 0.3) is 0 Å². The molecule has 2 nitrogen and oxygen atoms in total. The fourth-order valence-corrected chi connectivity index (χ4v) is 1.09. The van der Waals surface area contributed by atoms with Gasteiger partial charge in [-0.05, 0) is 12.1 Å². The van der Waals surface area contributed by atoms with E-state index in [2.05, 4.69) is 10.8 Å². The number of phenolic OH excluding ortho intramolecular Hbond substituents is 1. The van der Waals surface area contributed by atoms with Crippen LogP contribution in [-0.4, -0.2) is 26.4 Å². The molecule has 0 aliphatic rings. The van der Waals surface area contributed by atoms with Crippen LogP contribution in [0.3, 0.4) is 0 Å². The molecular formula is C10H12AlNO. The number of pyridine rings is 1. The number of aromatic nitrogens is 1. The van der Waals surface area contributed by atoms with Crippen LogP contribution in [0.15, 0.2) is 36.5 Å². The van der Waals surface area contributed by atoms with Crippen molar-refractivity contribution in [3.8, 4) is 5.75 Å². The molecule has 0 aliphatic carbocycles. The van der Waals surface area contributed by atoms with Crippen molar-refractivity contribution in [3.63, 3.8) is 0 Å². The van der Waals surface area contributed by atoms with Gasteiger partial charge in [-0.25, -0.2) is 0 Å². The summed E-state index contributed by atoms with van der Waals surface area (Å²) in [6, 6.07) is 9.13. The molecule has 0 saturated carbocycles. The summed E-state index contributed by atoms with van der Waals surface area (Å²) in [5.41, 5.74) is 0.662. The Kier molecular flexibility index (Phi) is 3.76. The van der Waals surface area contributed by atoms with Crippen LogP contribution < -0.4 is 0 Å². The molecule has 1 aromatic heterocycles. The Hall–Kier alpha value is -1.04. The lowest BCUT2D eigenvalue weighted by Gasteiger charge is -1.96. The van der Waals surface area contributed by atoms with Gasteiger partial charge in [-0.1, -0.05) is 18.2 Å². The van der Waals surface area contributed by atoms with Gasteiger partial charge in [0.15, 0.2) is 0 Å². The third-order valence-electron chi connectivity index (χ3n) is 1.61. The Morgan fingerprint density at radius 3 is 2.54 bits per heavy atom. The predicted molar refractivity (Wildman–Crippen MR) is 57.8 cm³/mol. The molecule has 1 heterocycles. The zero-order valence-electron chi connectivity index (χ0n) is 7.86. The highest BCUT2D eigenvalue weighted by molar-refractivity contribution is 6.05. The van der Waals surface area contributed by atoms with Gasteiger partial charge < -0.3 is 5.11 Å². The summed E-state index contributed by atoms with van der Waals surface area (Å²) in [5, 5.41) is 10.3. The van der Waals surface area contributed by atoms with Crippen LogP contribution in [0.25, 0.3) is 10.9 Å². The van der Waals surface area contributed by atoms with Gasteiger partial charge in [-0.3, -0.25) is 4.98 Å². The number of hydrogen-bond donors (Lipinski definition) is 1. The summed E-state index contributed by atoms with van der Waals surface area (Å²) in [6.07, 6.45) is 1.67. The summed E-state index contributed by atoms with van der Waals surface area (Å²) in [5.74, 6) is 2.38. The molecule has 66 valence electrons. The van der Waals surface area contributed by atoms with Crippen LogP contribution in [0.2, 0.25) is 5.79 Å². The highest BCUT2D eigenvalue weighted by Gasteiger charge is 1.96. The van der Waals surface area contributed by atoms with E-state index in [4.69, 9.17) is 0 Å². The van der Waals surface area contributed by atoms with Crippen molar-refractivity contribution >= 4 is 27.2 Å². The lowest BCUT2D eigenvalue weighted by Crippen LogP contribution is -1.76. The molecule has 2 aromatic rings. The zero-order valence-corrected chi connectivity index (χ0v) is 9.86. The minimum atomic E-state index is 0.239. The third-order valence-corrected chi connectivity index (χ3v) is 1.61. The van der Waals surface area contributed by atoms with Crippen LogP contribution in [0.5, 0.6) is 5.75 Å². The van der Waals surface area contributed by atoms with Gasteiger partial charge in [0.05, 0.1) is 0 Å². The van der Waals surface area contributed by atoms with Gasteiger partial charge in [-0.2, -0.15) is 0 Å². The predicted octanol–water partition coefficient (Wildman–Crippen LogP) is 1.61. The number of nitrogens with zero attached hydrogens (tertiary/aromatic N) is 1. The van der Waals surface area contributed by atoms with Crippen LogP contribution >= 0.6 is 0 Å². The molecule has 13 heavy (non-hydrogen) atoms. The Balaban J connectivity index is 0.000000396. The summed E-state index contributed by atoms with van der Waals surface area (Å²) in [4.78, 5) is 4.03. The molecule has 0 fully saturated rings. The van der Waals surface area contributed by atoms with E-state index >= 15 is 0 Å². The van der Waals surface area contributed by atoms with E-state index < -0.39 is 0 Å². The van der Waals surface area contributed by atoms with Gasteiger partial charge in [-0.15, -0.1) is 5.79 Å². The Morgan fingerprint density at radius 1 is 1.15 bits per heavy atom. The summed E-state index contributed by atoms with van der Waals surface area (Å²) in [6.45, 7) is 0. The van der Waals surface area contributed by atoms with Crippen LogP contribution in [-0.2, 0) is 0 Å². The van der Waals surface area contributed by atoms with E-state index in [1.807, 2.05) is 18.2 Å². The molecule has 0 atom stereocenters. The maximum atomic E-state index is 9.31. The first kappa shape index (κ1) is 10.0. The van der Waals surface area contributed by atoms with Gasteiger partial charge in [0, 0.05) is 11.6 Å². The molecule has 0 spiro atoms. The van der Waals surface area contributed by atoms with E-state index in [0.717, 1.165) is 5.39 Å². The summed E-state index contributed by atoms with van der Waals surface area (Å²) < 4.78 is 0. The molecule has 2 rings (SSSR count). The number of aromatic hydroxyl groups is 1. The molecule has 1 aromatic carbocycles.